The molecule has 1 aromatic carbocycles. The Balaban J connectivity index is 2.12. The number of esters is 4. The average molecular weight is 529 g/mol. The molecule has 2 heterocycles. The van der Waals surface area contributed by atoms with Crippen LogP contribution in [0.5, 0.6) is 0 Å². The summed E-state index contributed by atoms with van der Waals surface area (Å²) in [6, 6.07) is 0.0761. The maximum absolute atomic E-state index is 13.8. The molecule has 200 valence electrons. The van der Waals surface area contributed by atoms with E-state index in [1.165, 1.54) is 0 Å². The average Bonchev–Trinajstić information content (AvgIpc) is 3.26. The minimum Gasteiger partial charge on any atom is -0.463 e. The largest absolute Gasteiger partial charge is 0.463 e. The Morgan fingerprint density at radius 2 is 1.46 bits per heavy atom. The maximum Gasteiger partial charge on any atom is 0.305 e. The highest BCUT2D eigenvalue weighted by Gasteiger charge is 2.53. The van der Waals surface area contributed by atoms with Crippen molar-refractivity contribution in [3.8, 4) is 11.3 Å². The van der Waals surface area contributed by atoms with Gasteiger partial charge in [0.25, 0.3) is 0 Å². The molecule has 0 amide bonds. The van der Waals surface area contributed by atoms with Crippen molar-refractivity contribution < 1.29 is 56.0 Å². The Labute approximate surface area is 207 Å². The number of hydrogen-bond acceptors (Lipinski definition) is 11. The molecule has 3 rings (SSSR count). The fraction of sp³-hybridized carbons (Fsp3) is 0.455. The van der Waals surface area contributed by atoms with E-state index in [1.54, 1.807) is 0 Å². The summed E-state index contributed by atoms with van der Waals surface area (Å²) in [6.45, 7) is 3.86. The molecule has 2 aromatic rings. The van der Waals surface area contributed by atoms with E-state index >= 15 is 0 Å². The first-order valence-corrected chi connectivity index (χ1v) is 10.7. The van der Waals surface area contributed by atoms with Crippen molar-refractivity contribution >= 4 is 23.9 Å². The number of nitrogens with zero attached hydrogens (tertiary/aromatic N) is 3. The molecule has 0 radical (unpaired) electrons. The van der Waals surface area contributed by atoms with E-state index < -0.39 is 78.6 Å². The molecule has 3 unspecified atom stereocenters. The molecule has 1 aliphatic rings. The third kappa shape index (κ3) is 6.61. The summed E-state index contributed by atoms with van der Waals surface area (Å²) in [6.07, 6.45) is -4.50. The van der Waals surface area contributed by atoms with Crippen LogP contribution in [0, 0.1) is 17.5 Å². The predicted molar refractivity (Wildman–Crippen MR) is 113 cm³/mol. The van der Waals surface area contributed by atoms with Crippen LogP contribution in [0.4, 0.5) is 13.2 Å². The van der Waals surface area contributed by atoms with Gasteiger partial charge in [-0.3, -0.25) is 19.2 Å². The van der Waals surface area contributed by atoms with Gasteiger partial charge < -0.3 is 23.7 Å². The highest BCUT2D eigenvalue weighted by atomic mass is 19.2. The number of aromatic nitrogens is 3. The number of rotatable bonds is 7. The van der Waals surface area contributed by atoms with Gasteiger partial charge in [0.15, 0.2) is 29.7 Å². The third-order valence-electron chi connectivity index (χ3n) is 5.05. The summed E-state index contributed by atoms with van der Waals surface area (Å²) in [5, 5.41) is 7.73. The van der Waals surface area contributed by atoms with Gasteiger partial charge in [-0.25, -0.2) is 17.9 Å². The van der Waals surface area contributed by atoms with Gasteiger partial charge in [0.05, 0.1) is 6.20 Å². The summed E-state index contributed by atoms with van der Waals surface area (Å²) in [4.78, 5) is 47.0. The molecule has 1 saturated heterocycles. The van der Waals surface area contributed by atoms with Crippen LogP contribution >= 0.6 is 0 Å². The van der Waals surface area contributed by atoms with E-state index in [1.807, 2.05) is 0 Å². The van der Waals surface area contributed by atoms with Crippen LogP contribution in [-0.4, -0.2) is 70.1 Å². The molecule has 37 heavy (non-hydrogen) atoms. The van der Waals surface area contributed by atoms with Crippen molar-refractivity contribution in [3.63, 3.8) is 0 Å². The van der Waals surface area contributed by atoms with Crippen molar-refractivity contribution in [2.45, 2.75) is 58.3 Å². The van der Waals surface area contributed by atoms with E-state index in [2.05, 4.69) is 10.3 Å². The first-order valence-electron chi connectivity index (χ1n) is 10.7. The molecule has 15 heteroatoms. The van der Waals surface area contributed by atoms with Gasteiger partial charge in [0.1, 0.15) is 24.4 Å². The first-order chi connectivity index (χ1) is 17.4. The van der Waals surface area contributed by atoms with Gasteiger partial charge in [0.2, 0.25) is 6.29 Å². The lowest BCUT2D eigenvalue weighted by Gasteiger charge is -2.44. The maximum atomic E-state index is 13.8. The fourth-order valence-electron chi connectivity index (χ4n) is 3.70. The van der Waals surface area contributed by atoms with E-state index in [0.717, 1.165) is 38.6 Å². The number of carbonyl (C=O) groups excluding carboxylic acids is 4. The Morgan fingerprint density at radius 3 is 2.00 bits per heavy atom. The van der Waals surface area contributed by atoms with E-state index in [9.17, 15) is 32.3 Å². The summed E-state index contributed by atoms with van der Waals surface area (Å²) in [5.41, 5.74) is -0.316. The van der Waals surface area contributed by atoms with Crippen LogP contribution in [0.2, 0.25) is 0 Å². The van der Waals surface area contributed by atoms with Gasteiger partial charge in [-0.15, -0.1) is 5.10 Å². The summed E-state index contributed by atoms with van der Waals surface area (Å²) in [7, 11) is 0. The fourth-order valence-corrected chi connectivity index (χ4v) is 3.70. The number of halogens is 3. The van der Waals surface area contributed by atoms with Crippen molar-refractivity contribution in [1.29, 1.82) is 0 Å². The van der Waals surface area contributed by atoms with Gasteiger partial charge >= 0.3 is 23.9 Å². The van der Waals surface area contributed by atoms with Crippen LogP contribution in [0.25, 0.3) is 11.3 Å². The molecule has 0 N–H and O–H groups in total. The molecule has 0 aliphatic carbocycles. The van der Waals surface area contributed by atoms with Crippen LogP contribution in [-0.2, 0) is 42.9 Å². The number of hydrogen-bond donors (Lipinski definition) is 0. The Bertz CT molecular complexity index is 1180. The molecular formula is C22H22F3N3O9. The molecule has 0 saturated carbocycles. The zero-order chi connectivity index (χ0) is 27.4. The zero-order valence-electron chi connectivity index (χ0n) is 20.0. The molecule has 1 aliphatic heterocycles. The molecule has 12 nitrogen and oxygen atoms in total. The van der Waals surface area contributed by atoms with Gasteiger partial charge in [-0.1, -0.05) is 5.21 Å². The van der Waals surface area contributed by atoms with Gasteiger partial charge in [0, 0.05) is 33.3 Å². The van der Waals surface area contributed by atoms with E-state index in [0.29, 0.717) is 12.1 Å². The summed E-state index contributed by atoms with van der Waals surface area (Å²) >= 11 is 0. The minimum atomic E-state index is -1.68. The molecule has 1 fully saturated rings. The number of benzene rings is 1. The third-order valence-corrected chi connectivity index (χ3v) is 5.05. The highest BCUT2D eigenvalue weighted by molar-refractivity contribution is 5.68. The van der Waals surface area contributed by atoms with Crippen molar-refractivity contribution in [2.75, 3.05) is 6.61 Å². The summed E-state index contributed by atoms with van der Waals surface area (Å²) in [5.74, 6) is -7.78. The smallest absolute Gasteiger partial charge is 0.305 e. The second kappa shape index (κ2) is 11.4. The van der Waals surface area contributed by atoms with E-state index in [4.69, 9.17) is 23.7 Å². The van der Waals surface area contributed by atoms with Crippen molar-refractivity contribution in [2.24, 2.45) is 0 Å². The van der Waals surface area contributed by atoms with E-state index in [-0.39, 0.29) is 11.3 Å². The highest BCUT2D eigenvalue weighted by Crippen LogP contribution is 2.36. The predicted octanol–water partition coefficient (Wildman–Crippen LogP) is 1.62. The number of carbonyl (C=O) groups is 4. The van der Waals surface area contributed by atoms with Crippen LogP contribution < -0.4 is 0 Å². The molecule has 5 atom stereocenters. The van der Waals surface area contributed by atoms with Crippen LogP contribution in [0.1, 0.15) is 33.7 Å². The van der Waals surface area contributed by atoms with Crippen LogP contribution in [0.15, 0.2) is 18.3 Å². The van der Waals surface area contributed by atoms with Gasteiger partial charge in [-0.2, -0.15) is 0 Å². The summed E-state index contributed by atoms with van der Waals surface area (Å²) < 4.78 is 68.6. The lowest BCUT2D eigenvalue weighted by atomic mass is 9.95. The number of ether oxygens (including phenoxy) is 5. The van der Waals surface area contributed by atoms with Crippen molar-refractivity contribution in [1.82, 2.24) is 15.0 Å². The topological polar surface area (TPSA) is 145 Å². The molecule has 0 bridgehead atoms. The zero-order valence-corrected chi connectivity index (χ0v) is 20.0. The lowest BCUT2D eigenvalue weighted by Crippen LogP contribution is -2.59. The Hall–Kier alpha value is -4.01. The first kappa shape index (κ1) is 27.6. The van der Waals surface area contributed by atoms with Crippen LogP contribution in [0.3, 0.4) is 0 Å². The van der Waals surface area contributed by atoms with Gasteiger partial charge in [-0.05, 0) is 12.1 Å². The monoisotopic (exact) mass is 529 g/mol. The normalized spacial score (nSPS) is 23.2. The minimum absolute atomic E-state index is 0.131. The molecular weight excluding hydrogens is 507 g/mol. The SMILES string of the molecule is CC(=O)OCC1O[C@@H](OC(C)=O)C(OC(C)=O)C(n2cc(-c3cc(F)c(F)c(F)c3)nn2)[C@H]1OC(C)=O. The quantitative estimate of drug-likeness (QED) is 0.293. The van der Waals surface area contributed by atoms with Crippen molar-refractivity contribution in [3.05, 3.63) is 35.8 Å². The lowest BCUT2D eigenvalue weighted by molar-refractivity contribution is -0.285. The standard InChI is InChI=1S/C22H22F3N3O9/c1-9(29)33-8-17-20(34-10(2)30)19(21(35-11(3)31)22(37-17)36-12(4)32)28-7-16(26-27-28)13-5-14(23)18(25)15(24)6-13/h5-7,17,19-22H,8H2,1-4H3/t17?,19?,20-,21?,22+/m0/s1. The Morgan fingerprint density at radius 1 is 0.892 bits per heavy atom. The Kier molecular flexibility index (Phi) is 8.47. The molecule has 1 aromatic heterocycles. The second-order valence-electron chi connectivity index (χ2n) is 7.93. The molecule has 0 spiro atoms. The second-order valence-corrected chi connectivity index (χ2v) is 7.93.